The monoisotopic (exact) mass is 370 g/mol. The number of nitrogens with zero attached hydrogens (tertiary/aromatic N) is 2. The van der Waals surface area contributed by atoms with E-state index < -0.39 is 0 Å². The number of benzene rings is 1. The van der Waals surface area contributed by atoms with Crippen LogP contribution in [0.2, 0.25) is 5.02 Å². The Balaban J connectivity index is 1.66. The van der Waals surface area contributed by atoms with Gasteiger partial charge in [0.2, 0.25) is 5.91 Å². The molecule has 1 aromatic rings. The number of amides is 1. The Hall–Kier alpha value is -0.910. The number of hydrogen-bond donors (Lipinski definition) is 0. The average molecular weight is 371 g/mol. The molecule has 0 aromatic heterocycles. The van der Waals surface area contributed by atoms with Gasteiger partial charge in [-0.15, -0.1) is 11.8 Å². The highest BCUT2D eigenvalue weighted by Crippen LogP contribution is 2.24. The van der Waals surface area contributed by atoms with E-state index >= 15 is 0 Å². The van der Waals surface area contributed by atoms with E-state index in [0.29, 0.717) is 17.4 Å². The summed E-state index contributed by atoms with van der Waals surface area (Å²) in [6.45, 7) is 11.3. The Morgan fingerprint density at radius 2 is 1.88 bits per heavy atom. The maximum absolute atomic E-state index is 12.2. The van der Waals surface area contributed by atoms with Gasteiger partial charge in [0.25, 0.3) is 0 Å². The molecule has 1 aliphatic heterocycles. The highest BCUT2D eigenvalue weighted by molar-refractivity contribution is 8.01. The Labute approximate surface area is 154 Å². The first kappa shape index (κ1) is 19.4. The summed E-state index contributed by atoms with van der Waals surface area (Å²) < 4.78 is 5.86. The van der Waals surface area contributed by atoms with Crippen molar-refractivity contribution in [2.75, 3.05) is 45.1 Å². The zero-order valence-electron chi connectivity index (χ0n) is 14.8. The van der Waals surface area contributed by atoms with Gasteiger partial charge in [-0.2, -0.15) is 0 Å². The van der Waals surface area contributed by atoms with E-state index in [-0.39, 0.29) is 10.7 Å². The lowest BCUT2D eigenvalue weighted by Crippen LogP contribution is -2.50. The molecule has 6 heteroatoms. The van der Waals surface area contributed by atoms with Crippen molar-refractivity contribution in [3.63, 3.8) is 0 Å². The minimum Gasteiger partial charge on any atom is -0.491 e. The van der Waals surface area contributed by atoms with Gasteiger partial charge in [-0.05, 0) is 12.1 Å². The first-order chi connectivity index (χ1) is 11.3. The molecule has 0 atom stereocenters. The molecule has 1 heterocycles. The predicted octanol–water partition coefficient (Wildman–Crippen LogP) is 3.39. The van der Waals surface area contributed by atoms with Crippen LogP contribution in [0.5, 0.6) is 5.75 Å². The maximum atomic E-state index is 12.2. The third kappa shape index (κ3) is 6.54. The summed E-state index contributed by atoms with van der Waals surface area (Å²) in [7, 11) is 0. The van der Waals surface area contributed by atoms with Crippen molar-refractivity contribution in [2.24, 2.45) is 0 Å². The SMILES string of the molecule is CC(C)(C)SCC(=O)N1CCN(CCOc2ccccc2Cl)CC1. The Kier molecular flexibility index (Phi) is 7.26. The van der Waals surface area contributed by atoms with Crippen molar-refractivity contribution in [3.8, 4) is 5.75 Å². The Morgan fingerprint density at radius 1 is 1.21 bits per heavy atom. The molecule has 0 saturated carbocycles. The minimum atomic E-state index is 0.132. The van der Waals surface area contributed by atoms with Crippen molar-refractivity contribution in [2.45, 2.75) is 25.5 Å². The lowest BCUT2D eigenvalue weighted by molar-refractivity contribution is -0.130. The minimum absolute atomic E-state index is 0.132. The lowest BCUT2D eigenvalue weighted by atomic mass is 10.3. The fourth-order valence-corrected chi connectivity index (χ4v) is 3.37. The molecule has 0 N–H and O–H groups in total. The molecule has 0 radical (unpaired) electrons. The quantitative estimate of drug-likeness (QED) is 0.768. The third-order valence-corrected chi connectivity index (χ3v) is 5.42. The predicted molar refractivity (Wildman–Crippen MR) is 102 cm³/mol. The second kappa shape index (κ2) is 8.97. The lowest BCUT2D eigenvalue weighted by Gasteiger charge is -2.35. The van der Waals surface area contributed by atoms with Crippen LogP contribution in [0.15, 0.2) is 24.3 Å². The summed E-state index contributed by atoms with van der Waals surface area (Å²) in [4.78, 5) is 16.5. The zero-order chi connectivity index (χ0) is 17.6. The molecular formula is C18H27ClN2O2S. The van der Waals surface area contributed by atoms with E-state index in [1.807, 2.05) is 29.2 Å². The summed E-state index contributed by atoms with van der Waals surface area (Å²) in [6, 6.07) is 7.52. The summed E-state index contributed by atoms with van der Waals surface area (Å²) in [5, 5.41) is 0.643. The molecule has 24 heavy (non-hydrogen) atoms. The van der Waals surface area contributed by atoms with Gasteiger partial charge in [-0.25, -0.2) is 0 Å². The number of hydrogen-bond acceptors (Lipinski definition) is 4. The summed E-state index contributed by atoms with van der Waals surface area (Å²) >= 11 is 7.79. The molecule has 0 aliphatic carbocycles. The van der Waals surface area contributed by atoms with Gasteiger partial charge < -0.3 is 9.64 Å². The topological polar surface area (TPSA) is 32.8 Å². The van der Waals surface area contributed by atoms with Crippen molar-refractivity contribution >= 4 is 29.3 Å². The first-order valence-electron chi connectivity index (χ1n) is 8.36. The highest BCUT2D eigenvalue weighted by atomic mass is 35.5. The number of thioether (sulfide) groups is 1. The molecule has 0 bridgehead atoms. The van der Waals surface area contributed by atoms with Gasteiger partial charge in [-0.1, -0.05) is 44.5 Å². The van der Waals surface area contributed by atoms with Crippen molar-refractivity contribution in [1.82, 2.24) is 9.80 Å². The molecule has 2 rings (SSSR count). The molecule has 4 nitrogen and oxygen atoms in total. The molecule has 0 spiro atoms. The van der Waals surface area contributed by atoms with Crippen LogP contribution >= 0.6 is 23.4 Å². The van der Waals surface area contributed by atoms with Crippen molar-refractivity contribution in [1.29, 1.82) is 0 Å². The van der Waals surface area contributed by atoms with Gasteiger partial charge in [0.1, 0.15) is 12.4 Å². The van der Waals surface area contributed by atoms with Gasteiger partial charge in [-0.3, -0.25) is 9.69 Å². The summed E-state index contributed by atoms with van der Waals surface area (Å²) in [5.41, 5.74) is 0. The molecule has 1 aromatic carbocycles. The molecular weight excluding hydrogens is 344 g/mol. The third-order valence-electron chi connectivity index (χ3n) is 3.86. The second-order valence-corrected chi connectivity index (χ2v) is 9.11. The van der Waals surface area contributed by atoms with Crippen LogP contribution < -0.4 is 4.74 Å². The van der Waals surface area contributed by atoms with E-state index in [1.54, 1.807) is 11.8 Å². The summed E-state index contributed by atoms with van der Waals surface area (Å²) in [6.07, 6.45) is 0. The molecule has 1 amide bonds. The zero-order valence-corrected chi connectivity index (χ0v) is 16.3. The first-order valence-corrected chi connectivity index (χ1v) is 9.73. The van der Waals surface area contributed by atoms with Gasteiger partial charge in [0.05, 0.1) is 10.8 Å². The molecule has 0 unspecified atom stereocenters. The smallest absolute Gasteiger partial charge is 0.232 e. The highest BCUT2D eigenvalue weighted by Gasteiger charge is 2.22. The van der Waals surface area contributed by atoms with Gasteiger partial charge in [0.15, 0.2) is 0 Å². The van der Waals surface area contributed by atoms with Crippen LogP contribution in [0.3, 0.4) is 0 Å². The van der Waals surface area contributed by atoms with Gasteiger partial charge in [0, 0.05) is 37.5 Å². The number of para-hydroxylation sites is 1. The number of piperazine rings is 1. The number of ether oxygens (including phenoxy) is 1. The normalized spacial score (nSPS) is 16.2. The van der Waals surface area contributed by atoms with E-state index in [4.69, 9.17) is 16.3 Å². The van der Waals surface area contributed by atoms with Crippen molar-refractivity contribution in [3.05, 3.63) is 29.3 Å². The van der Waals surface area contributed by atoms with Crippen LogP contribution in [-0.4, -0.2) is 65.5 Å². The summed E-state index contributed by atoms with van der Waals surface area (Å²) in [5.74, 6) is 1.55. The Bertz CT molecular complexity index is 540. The fraction of sp³-hybridized carbons (Fsp3) is 0.611. The standard InChI is InChI=1S/C18H27ClN2O2S/c1-18(2,3)24-14-17(22)21-10-8-20(9-11-21)12-13-23-16-7-5-4-6-15(16)19/h4-7H,8-14H2,1-3H3. The molecule has 134 valence electrons. The van der Waals surface area contributed by atoms with E-state index in [1.165, 1.54) is 0 Å². The number of rotatable bonds is 6. The largest absolute Gasteiger partial charge is 0.491 e. The van der Waals surface area contributed by atoms with Crippen LogP contribution in [0.4, 0.5) is 0 Å². The van der Waals surface area contributed by atoms with Crippen LogP contribution in [0.1, 0.15) is 20.8 Å². The average Bonchev–Trinajstić information content (AvgIpc) is 2.54. The van der Waals surface area contributed by atoms with E-state index in [9.17, 15) is 4.79 Å². The van der Waals surface area contributed by atoms with E-state index in [2.05, 4.69) is 25.7 Å². The number of carbonyl (C=O) groups excluding carboxylic acids is 1. The Morgan fingerprint density at radius 3 is 2.50 bits per heavy atom. The second-order valence-electron chi connectivity index (χ2n) is 6.90. The van der Waals surface area contributed by atoms with Crippen LogP contribution in [-0.2, 0) is 4.79 Å². The molecule has 1 saturated heterocycles. The van der Waals surface area contributed by atoms with Crippen LogP contribution in [0.25, 0.3) is 0 Å². The maximum Gasteiger partial charge on any atom is 0.232 e. The van der Waals surface area contributed by atoms with Crippen molar-refractivity contribution < 1.29 is 9.53 Å². The fourth-order valence-electron chi connectivity index (χ4n) is 2.44. The molecule has 1 aliphatic rings. The molecule has 1 fully saturated rings. The number of halogens is 1. The number of carbonyl (C=O) groups is 1. The van der Waals surface area contributed by atoms with Crippen LogP contribution in [0, 0.1) is 0 Å². The van der Waals surface area contributed by atoms with E-state index in [0.717, 1.165) is 38.5 Å². The van der Waals surface area contributed by atoms with Gasteiger partial charge >= 0.3 is 0 Å².